The van der Waals surface area contributed by atoms with E-state index in [0.29, 0.717) is 13.0 Å². The van der Waals surface area contributed by atoms with Crippen molar-refractivity contribution >= 4 is 5.91 Å². The maximum atomic E-state index is 10.5. The molecule has 1 fully saturated rings. The zero-order valence-corrected chi connectivity index (χ0v) is 5.41. The first kappa shape index (κ1) is 7.14. The predicted molar refractivity (Wildman–Crippen MR) is 35.2 cm³/mol. The van der Waals surface area contributed by atoms with Crippen molar-refractivity contribution in [3.63, 3.8) is 0 Å². The summed E-state index contributed by atoms with van der Waals surface area (Å²) in [5, 5.41) is 5.59. The Morgan fingerprint density at radius 3 is 2.70 bits per heavy atom. The summed E-state index contributed by atoms with van der Waals surface area (Å²) in [6.45, 7) is 0.469. The van der Waals surface area contributed by atoms with Gasteiger partial charge >= 0.3 is 0 Å². The highest BCUT2D eigenvalue weighted by Crippen LogP contribution is 2.08. The number of rotatable bonds is 2. The Bertz CT molecular complexity index is 159. The van der Waals surface area contributed by atoms with Gasteiger partial charge < -0.3 is 11.1 Å². The molecule has 1 amide bonds. The summed E-state index contributed by atoms with van der Waals surface area (Å²) in [5.41, 5.74) is 4.97. The number of nitrogens with two attached hydrogens (primary N) is 1. The van der Waals surface area contributed by atoms with Crippen LogP contribution in [0.2, 0.25) is 0 Å². The van der Waals surface area contributed by atoms with Gasteiger partial charge in [0.15, 0.2) is 0 Å². The Morgan fingerprint density at radius 1 is 1.70 bits per heavy atom. The van der Waals surface area contributed by atoms with Gasteiger partial charge in [0.1, 0.15) is 6.04 Å². The number of carbonyl (C=O) groups is 1. The van der Waals surface area contributed by atoms with Crippen LogP contribution in [-0.4, -0.2) is 24.5 Å². The highest BCUT2D eigenvalue weighted by atomic mass is 16.3. The molecule has 0 spiro atoms. The lowest BCUT2D eigenvalue weighted by Gasteiger charge is -2.01. The number of primary amides is 1. The molecule has 1 saturated heterocycles. The molecule has 0 bridgehead atoms. The second kappa shape index (κ2) is 2.74. The molecule has 0 aliphatic carbocycles. The molecule has 1 aliphatic heterocycles. The van der Waals surface area contributed by atoms with Crippen LogP contribution < -0.4 is 11.1 Å². The molecule has 0 aromatic rings. The van der Waals surface area contributed by atoms with Crippen LogP contribution in [-0.2, 0) is 4.79 Å². The molecule has 1 rings (SSSR count). The van der Waals surface area contributed by atoms with Crippen molar-refractivity contribution < 1.29 is 4.79 Å². The summed E-state index contributed by atoms with van der Waals surface area (Å²) in [6, 6.07) is -0.639. The van der Waals surface area contributed by atoms with Crippen LogP contribution in [0.1, 0.15) is 6.42 Å². The average molecular weight is 143 g/mol. The lowest BCUT2D eigenvalue weighted by atomic mass is 10.2. The topological polar surface area (TPSA) is 84.6 Å². The van der Waals surface area contributed by atoms with Crippen molar-refractivity contribution in [1.82, 2.24) is 5.32 Å². The number of amides is 1. The predicted octanol–water partition coefficient (Wildman–Crippen LogP) is -1.03. The molecule has 0 aromatic carbocycles. The largest absolute Gasteiger partial charge is 0.368 e. The van der Waals surface area contributed by atoms with E-state index in [4.69, 9.17) is 5.73 Å². The van der Waals surface area contributed by atoms with Gasteiger partial charge in [0.05, 0.1) is 6.04 Å². The van der Waals surface area contributed by atoms with Crippen molar-refractivity contribution in [2.45, 2.75) is 18.5 Å². The lowest BCUT2D eigenvalue weighted by molar-refractivity contribution is -0.119. The molecule has 0 aromatic heterocycles. The van der Waals surface area contributed by atoms with Crippen molar-refractivity contribution in [3.05, 3.63) is 4.91 Å². The minimum absolute atomic E-state index is 0.280. The SMILES string of the molecule is NC(=O)C1CC(N=O)CN1. The quantitative estimate of drug-likeness (QED) is 0.484. The number of nitroso groups, excluding NO2 is 1. The third kappa shape index (κ3) is 1.30. The van der Waals surface area contributed by atoms with Crippen molar-refractivity contribution in [3.8, 4) is 0 Å². The van der Waals surface area contributed by atoms with Gasteiger partial charge in [-0.15, -0.1) is 0 Å². The van der Waals surface area contributed by atoms with Gasteiger partial charge in [-0.25, -0.2) is 0 Å². The van der Waals surface area contributed by atoms with Gasteiger partial charge in [-0.1, -0.05) is 5.18 Å². The van der Waals surface area contributed by atoms with Gasteiger partial charge in [-0.05, 0) is 6.42 Å². The standard InChI is InChI=1S/C5H9N3O2/c6-5(9)4-1-3(8-10)2-7-4/h3-4,7H,1-2H2,(H2,6,9). The smallest absolute Gasteiger partial charge is 0.234 e. The van der Waals surface area contributed by atoms with Crippen molar-refractivity contribution in [2.75, 3.05) is 6.54 Å². The van der Waals surface area contributed by atoms with E-state index in [-0.39, 0.29) is 12.1 Å². The van der Waals surface area contributed by atoms with E-state index in [0.717, 1.165) is 0 Å². The van der Waals surface area contributed by atoms with E-state index >= 15 is 0 Å². The molecule has 0 saturated carbocycles. The fourth-order valence-corrected chi connectivity index (χ4v) is 1.01. The Hall–Kier alpha value is -0.970. The first-order chi connectivity index (χ1) is 4.74. The number of hydrogen-bond acceptors (Lipinski definition) is 4. The van der Waals surface area contributed by atoms with Crippen molar-refractivity contribution in [1.29, 1.82) is 0 Å². The molecule has 0 radical (unpaired) electrons. The van der Waals surface area contributed by atoms with Crippen LogP contribution in [0, 0.1) is 4.91 Å². The van der Waals surface area contributed by atoms with Crippen LogP contribution >= 0.6 is 0 Å². The van der Waals surface area contributed by atoms with E-state index in [1.807, 2.05) is 0 Å². The molecule has 1 heterocycles. The van der Waals surface area contributed by atoms with E-state index in [1.165, 1.54) is 0 Å². The van der Waals surface area contributed by atoms with Crippen LogP contribution in [0.25, 0.3) is 0 Å². The number of nitrogens with zero attached hydrogens (tertiary/aromatic N) is 1. The Balaban J connectivity index is 2.42. The van der Waals surface area contributed by atoms with Crippen LogP contribution in [0.4, 0.5) is 0 Å². The first-order valence-electron chi connectivity index (χ1n) is 3.09. The molecule has 3 N–H and O–H groups in total. The maximum absolute atomic E-state index is 10.5. The zero-order chi connectivity index (χ0) is 7.56. The molecule has 10 heavy (non-hydrogen) atoms. The monoisotopic (exact) mass is 143 g/mol. The van der Waals surface area contributed by atoms with Gasteiger partial charge in [0.25, 0.3) is 0 Å². The minimum atomic E-state index is -0.411. The summed E-state index contributed by atoms with van der Waals surface area (Å²) < 4.78 is 0. The summed E-state index contributed by atoms with van der Waals surface area (Å²) >= 11 is 0. The van der Waals surface area contributed by atoms with E-state index in [2.05, 4.69) is 10.5 Å². The minimum Gasteiger partial charge on any atom is -0.368 e. The Kier molecular flexibility index (Phi) is 1.96. The molecule has 56 valence electrons. The fourth-order valence-electron chi connectivity index (χ4n) is 1.01. The Labute approximate surface area is 57.9 Å². The number of carbonyl (C=O) groups excluding carboxylic acids is 1. The molecule has 5 heteroatoms. The highest BCUT2D eigenvalue weighted by molar-refractivity contribution is 5.80. The molecular weight excluding hydrogens is 134 g/mol. The second-order valence-electron chi connectivity index (χ2n) is 2.36. The highest BCUT2D eigenvalue weighted by Gasteiger charge is 2.28. The Morgan fingerprint density at radius 2 is 2.40 bits per heavy atom. The second-order valence-corrected chi connectivity index (χ2v) is 2.36. The lowest BCUT2D eigenvalue weighted by Crippen LogP contribution is -2.36. The van der Waals surface area contributed by atoms with E-state index < -0.39 is 5.91 Å². The summed E-state index contributed by atoms with van der Waals surface area (Å²) in [7, 11) is 0. The molecule has 1 aliphatic rings. The molecule has 5 nitrogen and oxygen atoms in total. The third-order valence-corrected chi connectivity index (χ3v) is 1.60. The van der Waals surface area contributed by atoms with Crippen molar-refractivity contribution in [2.24, 2.45) is 10.9 Å². The molecule has 2 unspecified atom stereocenters. The van der Waals surface area contributed by atoms with Gasteiger partial charge in [0, 0.05) is 6.54 Å². The van der Waals surface area contributed by atoms with E-state index in [1.54, 1.807) is 0 Å². The summed E-state index contributed by atoms with van der Waals surface area (Å²) in [5.74, 6) is -0.411. The van der Waals surface area contributed by atoms with Gasteiger partial charge in [0.2, 0.25) is 5.91 Å². The average Bonchev–Trinajstić information content (AvgIpc) is 2.34. The third-order valence-electron chi connectivity index (χ3n) is 1.60. The van der Waals surface area contributed by atoms with Crippen LogP contribution in [0.3, 0.4) is 0 Å². The van der Waals surface area contributed by atoms with Gasteiger partial charge in [-0.2, -0.15) is 4.91 Å². The van der Waals surface area contributed by atoms with Crippen LogP contribution in [0.5, 0.6) is 0 Å². The molecular formula is C5H9N3O2. The fraction of sp³-hybridized carbons (Fsp3) is 0.800. The number of nitrogens with one attached hydrogen (secondary N) is 1. The zero-order valence-electron chi connectivity index (χ0n) is 5.41. The number of hydrogen-bond donors (Lipinski definition) is 2. The molecule has 2 atom stereocenters. The van der Waals surface area contributed by atoms with Gasteiger partial charge in [-0.3, -0.25) is 4.79 Å². The normalized spacial score (nSPS) is 32.0. The van der Waals surface area contributed by atoms with E-state index in [9.17, 15) is 9.70 Å². The summed E-state index contributed by atoms with van der Waals surface area (Å²) in [6.07, 6.45) is 0.443. The summed E-state index contributed by atoms with van der Waals surface area (Å²) in [4.78, 5) is 20.4. The van der Waals surface area contributed by atoms with Crippen LogP contribution in [0.15, 0.2) is 5.18 Å². The first-order valence-corrected chi connectivity index (χ1v) is 3.09. The maximum Gasteiger partial charge on any atom is 0.234 e.